The summed E-state index contributed by atoms with van der Waals surface area (Å²) in [4.78, 5) is 16.9. The van der Waals surface area contributed by atoms with Crippen LogP contribution in [0, 0.1) is 0 Å². The highest BCUT2D eigenvalue weighted by Crippen LogP contribution is 2.38. The number of nitrogens with zero attached hydrogens (tertiary/aromatic N) is 2. The molecule has 1 N–H and O–H groups in total. The first-order chi connectivity index (χ1) is 10.4. The van der Waals surface area contributed by atoms with E-state index in [-0.39, 0.29) is 10.6 Å². The van der Waals surface area contributed by atoms with Crippen LogP contribution in [0.15, 0.2) is 41.1 Å². The molecule has 0 radical (unpaired) electrons. The van der Waals surface area contributed by atoms with Gasteiger partial charge in [-0.15, -0.1) is 11.3 Å². The third-order valence-electron chi connectivity index (χ3n) is 3.08. The van der Waals surface area contributed by atoms with Crippen LogP contribution in [0.25, 0.3) is 6.08 Å². The summed E-state index contributed by atoms with van der Waals surface area (Å²) in [6.45, 7) is 0. The monoisotopic (exact) mass is 355 g/mol. The van der Waals surface area contributed by atoms with Crippen molar-refractivity contribution in [2.24, 2.45) is 0 Å². The average Bonchev–Trinajstić information content (AvgIpc) is 2.86. The Bertz CT molecular complexity index is 875. The van der Waals surface area contributed by atoms with Crippen LogP contribution < -0.4 is 5.32 Å². The quantitative estimate of drug-likeness (QED) is 0.897. The lowest BCUT2D eigenvalue weighted by Crippen LogP contribution is -2.35. The summed E-state index contributed by atoms with van der Waals surface area (Å²) in [5.41, 5.74) is 0.0108. The third-order valence-corrected chi connectivity index (χ3v) is 6.23. The highest BCUT2D eigenvalue weighted by Gasteiger charge is 2.34. The lowest BCUT2D eigenvalue weighted by atomic mass is 10.3. The van der Waals surface area contributed by atoms with Crippen molar-refractivity contribution in [3.8, 4) is 0 Å². The lowest BCUT2D eigenvalue weighted by molar-refractivity contribution is -0.113. The van der Waals surface area contributed by atoms with E-state index in [1.165, 1.54) is 25.4 Å². The molecule has 0 aliphatic carbocycles. The number of aromatic nitrogens is 1. The number of hydrogen-bond donors (Lipinski definition) is 1. The van der Waals surface area contributed by atoms with Gasteiger partial charge in [-0.25, -0.2) is 13.4 Å². The summed E-state index contributed by atoms with van der Waals surface area (Å²) in [7, 11) is -2.45. The second-order valence-corrected chi connectivity index (χ2v) is 8.10. The van der Waals surface area contributed by atoms with Gasteiger partial charge in [0.25, 0.3) is 15.9 Å². The lowest BCUT2D eigenvalue weighted by Gasteiger charge is -2.25. The normalized spacial score (nSPS) is 15.9. The van der Waals surface area contributed by atoms with Crippen molar-refractivity contribution in [3.63, 3.8) is 0 Å². The van der Waals surface area contributed by atoms with Crippen molar-refractivity contribution in [2.45, 2.75) is 4.90 Å². The number of sulfonamides is 1. The summed E-state index contributed by atoms with van der Waals surface area (Å²) in [5, 5.41) is 2.56. The molecule has 2 aromatic heterocycles. The molecule has 2 aromatic rings. The van der Waals surface area contributed by atoms with Crippen LogP contribution in [-0.4, -0.2) is 30.7 Å². The first-order valence-corrected chi connectivity index (χ1v) is 8.75. The summed E-state index contributed by atoms with van der Waals surface area (Å²) >= 11 is 6.99. The van der Waals surface area contributed by atoms with Crippen LogP contribution >= 0.6 is 22.9 Å². The minimum Gasteiger partial charge on any atom is -0.305 e. The number of pyridine rings is 1. The molecule has 0 spiro atoms. The molecule has 3 heterocycles. The summed E-state index contributed by atoms with van der Waals surface area (Å²) in [5.74, 6) is -0.214. The van der Waals surface area contributed by atoms with Gasteiger partial charge in [0, 0.05) is 13.2 Å². The number of carbonyl (C=O) groups excluding carboxylic acids is 1. The zero-order valence-electron chi connectivity index (χ0n) is 11.3. The second-order valence-electron chi connectivity index (χ2n) is 4.45. The van der Waals surface area contributed by atoms with Crippen LogP contribution in [-0.2, 0) is 14.8 Å². The minimum absolute atomic E-state index is 0.0108. The van der Waals surface area contributed by atoms with Gasteiger partial charge in [-0.05, 0) is 24.3 Å². The van der Waals surface area contributed by atoms with Gasteiger partial charge in [0.2, 0.25) is 0 Å². The van der Waals surface area contributed by atoms with Gasteiger partial charge in [-0.1, -0.05) is 17.7 Å². The van der Waals surface area contributed by atoms with Crippen LogP contribution in [0.5, 0.6) is 0 Å². The number of nitrogens with one attached hydrogen (secondary N) is 1. The van der Waals surface area contributed by atoms with Gasteiger partial charge in [0.1, 0.15) is 16.4 Å². The van der Waals surface area contributed by atoms with Gasteiger partial charge in [-0.3, -0.25) is 9.10 Å². The molecule has 114 valence electrons. The zero-order valence-corrected chi connectivity index (χ0v) is 13.7. The number of carbonyl (C=O) groups is 1. The molecule has 3 rings (SSSR count). The summed E-state index contributed by atoms with van der Waals surface area (Å²) in [6.07, 6.45) is 3.04. The first-order valence-electron chi connectivity index (χ1n) is 6.12. The predicted octanol–water partition coefficient (Wildman–Crippen LogP) is 2.41. The molecule has 22 heavy (non-hydrogen) atoms. The van der Waals surface area contributed by atoms with Gasteiger partial charge in [0.05, 0.1) is 9.21 Å². The van der Waals surface area contributed by atoms with E-state index in [4.69, 9.17) is 11.6 Å². The number of hydrogen-bond acceptors (Lipinski definition) is 5. The number of amides is 1. The molecule has 9 heteroatoms. The van der Waals surface area contributed by atoms with E-state index in [2.05, 4.69) is 10.3 Å². The Kier molecular flexibility index (Phi) is 3.67. The molecule has 6 nitrogen and oxygen atoms in total. The Labute approximate surface area is 136 Å². The van der Waals surface area contributed by atoms with Crippen molar-refractivity contribution in [2.75, 3.05) is 12.4 Å². The Morgan fingerprint density at radius 1 is 1.41 bits per heavy atom. The molecule has 0 bridgehead atoms. The fourth-order valence-corrected chi connectivity index (χ4v) is 4.90. The SMILES string of the molecule is CN1C(C(=O)Nc2ccccn2)=Cc2sc(Cl)cc2S1(=O)=O. The fraction of sp³-hybridized carbons (Fsp3) is 0.0769. The zero-order chi connectivity index (χ0) is 15.9. The van der Waals surface area contributed by atoms with E-state index in [1.807, 2.05) is 0 Å². The summed E-state index contributed by atoms with van der Waals surface area (Å²) < 4.78 is 26.1. The maximum Gasteiger partial charge on any atom is 0.274 e. The van der Waals surface area contributed by atoms with E-state index >= 15 is 0 Å². The highest BCUT2D eigenvalue weighted by molar-refractivity contribution is 7.89. The van der Waals surface area contributed by atoms with E-state index < -0.39 is 15.9 Å². The van der Waals surface area contributed by atoms with Gasteiger partial charge >= 0.3 is 0 Å². The first kappa shape index (κ1) is 15.0. The van der Waals surface area contributed by atoms with Crippen LogP contribution in [0.4, 0.5) is 5.82 Å². The molecule has 0 saturated heterocycles. The molecule has 0 aromatic carbocycles. The molecule has 0 saturated carbocycles. The van der Waals surface area contributed by atoms with E-state index in [0.717, 1.165) is 15.6 Å². The van der Waals surface area contributed by atoms with Crippen molar-refractivity contribution >= 4 is 50.8 Å². The average molecular weight is 356 g/mol. The topological polar surface area (TPSA) is 79.4 Å². The molecule has 0 atom stereocenters. The number of likely N-dealkylation sites (N-methyl/N-ethyl adjacent to an activating group) is 1. The van der Waals surface area contributed by atoms with Crippen LogP contribution in [0.1, 0.15) is 4.88 Å². The van der Waals surface area contributed by atoms with Crippen LogP contribution in [0.2, 0.25) is 4.34 Å². The number of halogens is 1. The van der Waals surface area contributed by atoms with Crippen molar-refractivity contribution in [1.82, 2.24) is 9.29 Å². The standard InChI is InChI=1S/C13H10ClN3O3S2/c1-17-8(13(18)16-12-4-2-3-5-15-12)6-9-10(22(17,19)20)7-11(14)21-9/h2-7H,1H3,(H,15,16,18). The number of anilines is 1. The Morgan fingerprint density at radius 3 is 2.86 bits per heavy atom. The molecule has 0 unspecified atom stereocenters. The van der Waals surface area contributed by atoms with Gasteiger partial charge in [0.15, 0.2) is 0 Å². The fourth-order valence-electron chi connectivity index (χ4n) is 1.98. The number of rotatable bonds is 2. The number of thiophene rings is 1. The maximum atomic E-state index is 12.4. The maximum absolute atomic E-state index is 12.4. The largest absolute Gasteiger partial charge is 0.305 e. The third kappa shape index (κ3) is 2.49. The second kappa shape index (κ2) is 5.38. The molecular formula is C13H10ClN3O3S2. The molecule has 0 fully saturated rings. The molecular weight excluding hydrogens is 346 g/mol. The molecule has 1 amide bonds. The minimum atomic E-state index is -3.78. The number of fused-ring (bicyclic) bond motifs is 1. The van der Waals surface area contributed by atoms with Crippen LogP contribution in [0.3, 0.4) is 0 Å². The molecule has 1 aliphatic rings. The van der Waals surface area contributed by atoms with E-state index in [1.54, 1.807) is 18.2 Å². The Morgan fingerprint density at radius 2 is 2.18 bits per heavy atom. The van der Waals surface area contributed by atoms with E-state index in [0.29, 0.717) is 15.0 Å². The van der Waals surface area contributed by atoms with E-state index in [9.17, 15) is 13.2 Å². The van der Waals surface area contributed by atoms with Crippen molar-refractivity contribution in [1.29, 1.82) is 0 Å². The van der Waals surface area contributed by atoms with Crippen molar-refractivity contribution in [3.05, 3.63) is 45.4 Å². The Hall–Kier alpha value is -1.90. The van der Waals surface area contributed by atoms with Crippen molar-refractivity contribution < 1.29 is 13.2 Å². The molecule has 1 aliphatic heterocycles. The highest BCUT2D eigenvalue weighted by atomic mass is 35.5. The predicted molar refractivity (Wildman–Crippen MR) is 85.1 cm³/mol. The summed E-state index contributed by atoms with van der Waals surface area (Å²) in [6, 6.07) is 6.43. The smallest absolute Gasteiger partial charge is 0.274 e. The van der Waals surface area contributed by atoms with Gasteiger partial charge < -0.3 is 5.32 Å². The van der Waals surface area contributed by atoms with Gasteiger partial charge in [-0.2, -0.15) is 0 Å². The Balaban J connectivity index is 2.00.